The van der Waals surface area contributed by atoms with Gasteiger partial charge >= 0.3 is 0 Å². The number of aromatic nitrogens is 1. The molecule has 0 fully saturated rings. The van der Waals surface area contributed by atoms with Crippen LogP contribution in [0, 0.1) is 6.92 Å². The van der Waals surface area contributed by atoms with Crippen molar-refractivity contribution in [2.45, 2.75) is 34.6 Å². The van der Waals surface area contributed by atoms with E-state index in [9.17, 15) is 0 Å². The molecule has 1 aromatic heterocycles. The van der Waals surface area contributed by atoms with Crippen LogP contribution in [0.3, 0.4) is 0 Å². The van der Waals surface area contributed by atoms with E-state index in [0.717, 1.165) is 0 Å². The highest BCUT2D eigenvalue weighted by atomic mass is 14.9. The van der Waals surface area contributed by atoms with Crippen LogP contribution in [0.15, 0.2) is 30.5 Å². The highest BCUT2D eigenvalue weighted by molar-refractivity contribution is 5.80. The van der Waals surface area contributed by atoms with E-state index in [4.69, 9.17) is 0 Å². The van der Waals surface area contributed by atoms with Crippen LogP contribution in [0.2, 0.25) is 0 Å². The second kappa shape index (κ2) is 7.10. The van der Waals surface area contributed by atoms with Crippen molar-refractivity contribution in [2.24, 2.45) is 7.05 Å². The minimum atomic E-state index is 1.30. The molecule has 2 aromatic rings. The van der Waals surface area contributed by atoms with Crippen molar-refractivity contribution in [3.05, 3.63) is 36.0 Å². The van der Waals surface area contributed by atoms with Crippen molar-refractivity contribution in [1.29, 1.82) is 0 Å². The summed E-state index contributed by atoms with van der Waals surface area (Å²) < 4.78 is 2.13. The molecule has 0 amide bonds. The molecule has 1 heterocycles. The number of rotatable bonds is 0. The summed E-state index contributed by atoms with van der Waals surface area (Å²) in [5.41, 5.74) is 2.62. The molecular weight excluding hydrogens is 182 g/mol. The van der Waals surface area contributed by atoms with Crippen LogP contribution in [0.5, 0.6) is 0 Å². The van der Waals surface area contributed by atoms with Gasteiger partial charge in [0.05, 0.1) is 0 Å². The Morgan fingerprint density at radius 2 is 1.53 bits per heavy atom. The average molecular weight is 205 g/mol. The Kier molecular flexibility index (Phi) is 6.52. The van der Waals surface area contributed by atoms with E-state index in [1.807, 2.05) is 27.7 Å². The minimum absolute atomic E-state index is 1.30. The second-order valence-corrected chi connectivity index (χ2v) is 2.99. The molecule has 0 bridgehead atoms. The Balaban J connectivity index is 0.000000442. The van der Waals surface area contributed by atoms with Crippen LogP contribution in [0.4, 0.5) is 0 Å². The van der Waals surface area contributed by atoms with Gasteiger partial charge in [-0.3, -0.25) is 0 Å². The van der Waals surface area contributed by atoms with Crippen LogP contribution in [-0.2, 0) is 7.05 Å². The first-order valence-corrected chi connectivity index (χ1v) is 5.79. The molecule has 0 aliphatic heterocycles. The summed E-state index contributed by atoms with van der Waals surface area (Å²) in [5, 5.41) is 1.33. The Morgan fingerprint density at radius 1 is 0.933 bits per heavy atom. The Bertz CT molecular complexity index is 385. The zero-order valence-corrected chi connectivity index (χ0v) is 10.8. The van der Waals surface area contributed by atoms with Gasteiger partial charge in [0.2, 0.25) is 0 Å². The first-order chi connectivity index (χ1) is 7.27. The maximum Gasteiger partial charge on any atom is 0.0477 e. The third kappa shape index (κ3) is 3.43. The summed E-state index contributed by atoms with van der Waals surface area (Å²) in [6.45, 7) is 10.1. The molecule has 1 nitrogen and oxygen atoms in total. The van der Waals surface area contributed by atoms with Crippen molar-refractivity contribution >= 4 is 10.9 Å². The molecule has 0 aliphatic carbocycles. The van der Waals surface area contributed by atoms with Gasteiger partial charge in [-0.25, -0.2) is 0 Å². The summed E-state index contributed by atoms with van der Waals surface area (Å²) in [6.07, 6.45) is 2.09. The van der Waals surface area contributed by atoms with Crippen molar-refractivity contribution in [3.63, 3.8) is 0 Å². The van der Waals surface area contributed by atoms with E-state index in [2.05, 4.69) is 49.0 Å². The maximum absolute atomic E-state index is 2.20. The van der Waals surface area contributed by atoms with Crippen molar-refractivity contribution in [1.82, 2.24) is 4.57 Å². The van der Waals surface area contributed by atoms with Gasteiger partial charge < -0.3 is 4.57 Å². The van der Waals surface area contributed by atoms with Gasteiger partial charge in [0, 0.05) is 18.8 Å². The number of aryl methyl sites for hydroxylation is 2. The van der Waals surface area contributed by atoms with Crippen LogP contribution >= 0.6 is 0 Å². The fourth-order valence-electron chi connectivity index (χ4n) is 1.40. The second-order valence-electron chi connectivity index (χ2n) is 2.99. The van der Waals surface area contributed by atoms with Gasteiger partial charge in [0.15, 0.2) is 0 Å². The molecule has 0 saturated carbocycles. The number of nitrogens with zero attached hydrogens (tertiary/aromatic N) is 1. The number of hydrogen-bond acceptors (Lipinski definition) is 0. The number of benzene rings is 1. The molecule has 0 N–H and O–H groups in total. The zero-order chi connectivity index (χ0) is 11.8. The molecule has 84 valence electrons. The highest BCUT2D eigenvalue weighted by Crippen LogP contribution is 2.15. The third-order valence-electron chi connectivity index (χ3n) is 2.04. The Hall–Kier alpha value is -1.24. The topological polar surface area (TPSA) is 4.93 Å². The molecule has 0 atom stereocenters. The van der Waals surface area contributed by atoms with Gasteiger partial charge in [-0.15, -0.1) is 0 Å². The highest BCUT2D eigenvalue weighted by Gasteiger charge is 1.95. The quantitative estimate of drug-likeness (QED) is 0.595. The van der Waals surface area contributed by atoms with Crippen LogP contribution < -0.4 is 0 Å². The van der Waals surface area contributed by atoms with Gasteiger partial charge in [-0.1, -0.05) is 39.3 Å². The average Bonchev–Trinajstić information content (AvgIpc) is 2.65. The lowest BCUT2D eigenvalue weighted by Gasteiger charge is -1.95. The summed E-state index contributed by atoms with van der Waals surface area (Å²) in [6, 6.07) is 8.64. The van der Waals surface area contributed by atoms with Gasteiger partial charge in [0.1, 0.15) is 0 Å². The predicted octanol–water partition coefficient (Wildman–Crippen LogP) is 4.54. The lowest BCUT2D eigenvalue weighted by atomic mass is 10.2. The largest absolute Gasteiger partial charge is 0.351 e. The first kappa shape index (κ1) is 13.8. The SMILES string of the molecule is CC.CC.Cc1ccc2c(ccn2C)c1. The van der Waals surface area contributed by atoms with Crippen molar-refractivity contribution < 1.29 is 0 Å². The van der Waals surface area contributed by atoms with Crippen LogP contribution in [-0.4, -0.2) is 4.57 Å². The Morgan fingerprint density at radius 3 is 2.13 bits per heavy atom. The van der Waals surface area contributed by atoms with E-state index in [1.54, 1.807) is 0 Å². The van der Waals surface area contributed by atoms with Crippen LogP contribution in [0.25, 0.3) is 10.9 Å². The summed E-state index contributed by atoms with van der Waals surface area (Å²) in [7, 11) is 2.07. The third-order valence-corrected chi connectivity index (χ3v) is 2.04. The molecular formula is C14H23N. The maximum atomic E-state index is 2.20. The monoisotopic (exact) mass is 205 g/mol. The zero-order valence-electron chi connectivity index (χ0n) is 10.8. The molecule has 1 heteroatoms. The van der Waals surface area contributed by atoms with Crippen molar-refractivity contribution in [2.75, 3.05) is 0 Å². The molecule has 1 aromatic carbocycles. The van der Waals surface area contributed by atoms with E-state index in [-0.39, 0.29) is 0 Å². The lowest BCUT2D eigenvalue weighted by molar-refractivity contribution is 0.969. The molecule has 0 saturated heterocycles. The lowest BCUT2D eigenvalue weighted by Crippen LogP contribution is -1.82. The standard InChI is InChI=1S/C10H11N.2C2H6/c1-8-3-4-10-9(7-8)5-6-11(10)2;2*1-2/h3-7H,1-2H3;2*1-2H3. The molecule has 0 spiro atoms. The van der Waals surface area contributed by atoms with Gasteiger partial charge in [-0.2, -0.15) is 0 Å². The van der Waals surface area contributed by atoms with E-state index in [0.29, 0.717) is 0 Å². The summed E-state index contributed by atoms with van der Waals surface area (Å²) in [4.78, 5) is 0. The van der Waals surface area contributed by atoms with Gasteiger partial charge in [0.25, 0.3) is 0 Å². The smallest absolute Gasteiger partial charge is 0.0477 e. The minimum Gasteiger partial charge on any atom is -0.351 e. The molecule has 15 heavy (non-hydrogen) atoms. The van der Waals surface area contributed by atoms with Crippen molar-refractivity contribution in [3.8, 4) is 0 Å². The van der Waals surface area contributed by atoms with Gasteiger partial charge in [-0.05, 0) is 30.5 Å². The summed E-state index contributed by atoms with van der Waals surface area (Å²) >= 11 is 0. The summed E-state index contributed by atoms with van der Waals surface area (Å²) in [5.74, 6) is 0. The Labute approximate surface area is 93.7 Å². The number of fused-ring (bicyclic) bond motifs is 1. The van der Waals surface area contributed by atoms with E-state index >= 15 is 0 Å². The normalized spacial score (nSPS) is 8.67. The van der Waals surface area contributed by atoms with Crippen LogP contribution in [0.1, 0.15) is 33.3 Å². The molecule has 2 rings (SSSR count). The molecule has 0 unspecified atom stereocenters. The van der Waals surface area contributed by atoms with E-state index in [1.165, 1.54) is 16.5 Å². The molecule has 0 radical (unpaired) electrons. The predicted molar refractivity (Wildman–Crippen MR) is 70.4 cm³/mol. The molecule has 0 aliphatic rings. The number of hydrogen-bond donors (Lipinski definition) is 0. The van der Waals surface area contributed by atoms with E-state index < -0.39 is 0 Å². The fourth-order valence-corrected chi connectivity index (χ4v) is 1.40. The first-order valence-electron chi connectivity index (χ1n) is 5.79. The fraction of sp³-hybridized carbons (Fsp3) is 0.429.